The highest BCUT2D eigenvalue weighted by Crippen LogP contribution is 2.08. The summed E-state index contributed by atoms with van der Waals surface area (Å²) < 4.78 is 0. The summed E-state index contributed by atoms with van der Waals surface area (Å²) in [5.74, 6) is -0.328. The van der Waals surface area contributed by atoms with E-state index in [2.05, 4.69) is 0 Å². The van der Waals surface area contributed by atoms with Crippen LogP contribution in [0.25, 0.3) is 0 Å². The van der Waals surface area contributed by atoms with Gasteiger partial charge in [0.15, 0.2) is 0 Å². The predicted octanol–water partition coefficient (Wildman–Crippen LogP) is 1.63. The van der Waals surface area contributed by atoms with Crippen LogP contribution in [0, 0.1) is 0 Å². The highest BCUT2D eigenvalue weighted by molar-refractivity contribution is 5.74. The van der Waals surface area contributed by atoms with E-state index in [0.717, 1.165) is 0 Å². The van der Waals surface area contributed by atoms with Gasteiger partial charge in [-0.1, -0.05) is 11.1 Å². The van der Waals surface area contributed by atoms with Gasteiger partial charge in [-0.15, -0.1) is 0 Å². The summed E-state index contributed by atoms with van der Waals surface area (Å²) in [6.45, 7) is 6.00. The summed E-state index contributed by atoms with van der Waals surface area (Å²) in [4.78, 5) is 10.6. The molecule has 0 aliphatic heterocycles. The molecule has 0 aliphatic carbocycles. The lowest BCUT2D eigenvalue weighted by atomic mass is 10.1. The van der Waals surface area contributed by atoms with Gasteiger partial charge in [-0.25, -0.2) is 5.48 Å². The van der Waals surface area contributed by atoms with Crippen molar-refractivity contribution in [2.24, 2.45) is 0 Å². The van der Waals surface area contributed by atoms with Gasteiger partial charge in [0, 0.05) is 6.42 Å². The fourth-order valence-electron chi connectivity index (χ4n) is 0.607. The molecule has 0 atom stereocenters. The highest BCUT2D eigenvalue weighted by Gasteiger charge is 1.99. The van der Waals surface area contributed by atoms with E-state index < -0.39 is 0 Å². The summed E-state index contributed by atoms with van der Waals surface area (Å²) in [6, 6.07) is 0. The summed E-state index contributed by atoms with van der Waals surface area (Å²) in [6.07, 6.45) is 1.07. The molecule has 0 fully saturated rings. The number of amides is 1. The monoisotopic (exact) mass is 157 g/mol. The topological polar surface area (TPSA) is 49.3 Å². The first-order valence-corrected chi connectivity index (χ1v) is 3.63. The number of hydrogen-bond acceptors (Lipinski definition) is 2. The van der Waals surface area contributed by atoms with Crippen LogP contribution in [0.1, 0.15) is 33.6 Å². The van der Waals surface area contributed by atoms with Crippen molar-refractivity contribution in [3.05, 3.63) is 11.1 Å². The second-order valence-electron chi connectivity index (χ2n) is 2.82. The van der Waals surface area contributed by atoms with Crippen LogP contribution in [0.2, 0.25) is 0 Å². The molecule has 0 aromatic rings. The average molecular weight is 157 g/mol. The van der Waals surface area contributed by atoms with Crippen LogP contribution < -0.4 is 5.48 Å². The molecule has 0 saturated heterocycles. The van der Waals surface area contributed by atoms with E-state index in [1.807, 2.05) is 20.8 Å². The Bertz CT molecular complexity index is 169. The van der Waals surface area contributed by atoms with Crippen LogP contribution in [0.4, 0.5) is 0 Å². The summed E-state index contributed by atoms with van der Waals surface area (Å²) in [5.41, 5.74) is 4.03. The van der Waals surface area contributed by atoms with Crippen molar-refractivity contribution in [1.29, 1.82) is 0 Å². The molecule has 1 amide bonds. The van der Waals surface area contributed by atoms with Crippen LogP contribution >= 0.6 is 0 Å². The maximum absolute atomic E-state index is 10.6. The molecule has 2 N–H and O–H groups in total. The zero-order valence-corrected chi connectivity index (χ0v) is 7.27. The predicted molar refractivity (Wildman–Crippen MR) is 43.2 cm³/mol. The standard InChI is InChI=1S/C8H15NO2/c1-6(2)7(3)4-5-8(10)9-11/h11H,4-5H2,1-3H3,(H,9,10). The smallest absolute Gasteiger partial charge is 0.243 e. The van der Waals surface area contributed by atoms with E-state index in [-0.39, 0.29) is 5.91 Å². The quantitative estimate of drug-likeness (QED) is 0.371. The van der Waals surface area contributed by atoms with Gasteiger partial charge in [-0.3, -0.25) is 10.0 Å². The van der Waals surface area contributed by atoms with Crippen LogP contribution in [-0.4, -0.2) is 11.1 Å². The molecular weight excluding hydrogens is 142 g/mol. The molecular formula is C8H15NO2. The molecule has 64 valence electrons. The van der Waals surface area contributed by atoms with E-state index in [4.69, 9.17) is 5.21 Å². The Hall–Kier alpha value is -0.830. The van der Waals surface area contributed by atoms with Gasteiger partial charge in [-0.2, -0.15) is 0 Å². The number of hydroxylamine groups is 1. The molecule has 0 aromatic carbocycles. The SMILES string of the molecule is CC(C)=C(C)CCC(=O)NO. The van der Waals surface area contributed by atoms with E-state index >= 15 is 0 Å². The van der Waals surface area contributed by atoms with Crippen LogP contribution in [-0.2, 0) is 4.79 Å². The molecule has 0 heterocycles. The molecule has 0 aromatic heterocycles. The fraction of sp³-hybridized carbons (Fsp3) is 0.625. The van der Waals surface area contributed by atoms with Crippen LogP contribution in [0.5, 0.6) is 0 Å². The third-order valence-electron chi connectivity index (χ3n) is 1.71. The van der Waals surface area contributed by atoms with Gasteiger partial charge < -0.3 is 0 Å². The highest BCUT2D eigenvalue weighted by atomic mass is 16.5. The molecule has 11 heavy (non-hydrogen) atoms. The van der Waals surface area contributed by atoms with E-state index in [1.165, 1.54) is 11.1 Å². The van der Waals surface area contributed by atoms with Gasteiger partial charge in [0.25, 0.3) is 0 Å². The minimum absolute atomic E-state index is 0.328. The van der Waals surface area contributed by atoms with Crippen LogP contribution in [0.15, 0.2) is 11.1 Å². The average Bonchev–Trinajstić information content (AvgIpc) is 1.99. The van der Waals surface area contributed by atoms with Gasteiger partial charge in [0.05, 0.1) is 0 Å². The Morgan fingerprint density at radius 1 is 1.27 bits per heavy atom. The summed E-state index contributed by atoms with van der Waals surface area (Å²) in [7, 11) is 0. The Kier molecular flexibility index (Phi) is 4.54. The zero-order chi connectivity index (χ0) is 8.85. The molecule has 3 heteroatoms. The number of carbonyl (C=O) groups excluding carboxylic acids is 1. The second kappa shape index (κ2) is 4.91. The lowest BCUT2D eigenvalue weighted by molar-refractivity contribution is -0.129. The zero-order valence-electron chi connectivity index (χ0n) is 7.27. The number of rotatable bonds is 3. The van der Waals surface area contributed by atoms with Crippen molar-refractivity contribution >= 4 is 5.91 Å². The minimum Gasteiger partial charge on any atom is -0.289 e. The molecule has 3 nitrogen and oxygen atoms in total. The van der Waals surface area contributed by atoms with Crippen molar-refractivity contribution in [1.82, 2.24) is 5.48 Å². The molecule has 0 saturated carbocycles. The first kappa shape index (κ1) is 10.2. The first-order valence-electron chi connectivity index (χ1n) is 3.63. The van der Waals surface area contributed by atoms with E-state index in [9.17, 15) is 4.79 Å². The maximum atomic E-state index is 10.6. The van der Waals surface area contributed by atoms with Gasteiger partial charge in [0.1, 0.15) is 0 Å². The largest absolute Gasteiger partial charge is 0.289 e. The Labute approximate surface area is 67.1 Å². The lowest BCUT2D eigenvalue weighted by Gasteiger charge is -2.01. The molecule has 0 bridgehead atoms. The molecule has 0 unspecified atom stereocenters. The van der Waals surface area contributed by atoms with E-state index in [0.29, 0.717) is 12.8 Å². The number of hydrogen-bond donors (Lipinski definition) is 2. The number of allylic oxidation sites excluding steroid dienone is 2. The molecule has 0 spiro atoms. The van der Waals surface area contributed by atoms with Crippen molar-refractivity contribution in [2.75, 3.05) is 0 Å². The van der Waals surface area contributed by atoms with Gasteiger partial charge in [-0.05, 0) is 27.2 Å². The van der Waals surface area contributed by atoms with Crippen molar-refractivity contribution in [3.8, 4) is 0 Å². The molecule has 0 rings (SSSR count). The van der Waals surface area contributed by atoms with Gasteiger partial charge >= 0.3 is 0 Å². The first-order chi connectivity index (χ1) is 5.07. The normalized spacial score (nSPS) is 9.09. The second-order valence-corrected chi connectivity index (χ2v) is 2.82. The Balaban J connectivity index is 3.72. The molecule has 0 aliphatic rings. The summed E-state index contributed by atoms with van der Waals surface area (Å²) in [5, 5.41) is 8.17. The van der Waals surface area contributed by atoms with Gasteiger partial charge in [0.2, 0.25) is 5.91 Å². The number of nitrogens with one attached hydrogen (secondary N) is 1. The van der Waals surface area contributed by atoms with Crippen molar-refractivity contribution < 1.29 is 10.0 Å². The fourth-order valence-corrected chi connectivity index (χ4v) is 0.607. The minimum atomic E-state index is -0.328. The lowest BCUT2D eigenvalue weighted by Crippen LogP contribution is -2.17. The van der Waals surface area contributed by atoms with E-state index in [1.54, 1.807) is 5.48 Å². The van der Waals surface area contributed by atoms with Crippen LogP contribution in [0.3, 0.4) is 0 Å². The Morgan fingerprint density at radius 2 is 1.82 bits per heavy atom. The van der Waals surface area contributed by atoms with Crippen molar-refractivity contribution in [3.63, 3.8) is 0 Å². The van der Waals surface area contributed by atoms with Crippen molar-refractivity contribution in [2.45, 2.75) is 33.6 Å². The summed E-state index contributed by atoms with van der Waals surface area (Å²) >= 11 is 0. The Morgan fingerprint density at radius 3 is 2.18 bits per heavy atom. The third kappa shape index (κ3) is 4.56. The maximum Gasteiger partial charge on any atom is 0.243 e. The third-order valence-corrected chi connectivity index (χ3v) is 1.71. The number of carbonyl (C=O) groups is 1. The molecule has 0 radical (unpaired) electrons.